The first-order valence-electron chi connectivity index (χ1n) is 6.65. The number of carbonyl (C=O) groups excluding carboxylic acids is 1. The van der Waals surface area contributed by atoms with E-state index in [4.69, 9.17) is 4.74 Å². The van der Waals surface area contributed by atoms with Gasteiger partial charge in [-0.25, -0.2) is 4.39 Å². The Morgan fingerprint density at radius 2 is 1.85 bits per heavy atom. The predicted octanol–water partition coefficient (Wildman–Crippen LogP) is 4.48. The van der Waals surface area contributed by atoms with E-state index in [9.17, 15) is 9.18 Å². The first-order chi connectivity index (χ1) is 9.61. The molecule has 3 heteroatoms. The van der Waals surface area contributed by atoms with Crippen LogP contribution in [0, 0.1) is 5.82 Å². The van der Waals surface area contributed by atoms with Crippen LogP contribution < -0.4 is 4.74 Å². The normalized spacial score (nSPS) is 10.3. The Balaban J connectivity index is 2.36. The molecule has 0 saturated carbocycles. The summed E-state index contributed by atoms with van der Waals surface area (Å²) in [4.78, 5) is 11.6. The molecule has 0 saturated heterocycles. The van der Waals surface area contributed by atoms with E-state index in [0.717, 1.165) is 17.7 Å². The fourth-order valence-corrected chi connectivity index (χ4v) is 2.01. The molecule has 0 bridgehead atoms. The molecule has 0 N–H and O–H groups in total. The third kappa shape index (κ3) is 3.23. The molecule has 0 radical (unpaired) electrons. The van der Waals surface area contributed by atoms with Crippen molar-refractivity contribution in [3.05, 3.63) is 53.8 Å². The summed E-state index contributed by atoms with van der Waals surface area (Å²) in [7, 11) is 0. The summed E-state index contributed by atoms with van der Waals surface area (Å²) < 4.78 is 18.9. The van der Waals surface area contributed by atoms with Crippen molar-refractivity contribution in [2.75, 3.05) is 6.61 Å². The minimum absolute atomic E-state index is 0.0775. The number of hydrogen-bond acceptors (Lipinski definition) is 2. The first kappa shape index (κ1) is 14.3. The lowest BCUT2D eigenvalue weighted by Gasteiger charge is -2.09. The average Bonchev–Trinajstić information content (AvgIpc) is 2.45. The van der Waals surface area contributed by atoms with E-state index in [2.05, 4.69) is 0 Å². The number of hydrogen-bond donors (Lipinski definition) is 0. The van der Waals surface area contributed by atoms with Crippen molar-refractivity contribution in [3.8, 4) is 16.9 Å². The van der Waals surface area contributed by atoms with Gasteiger partial charge in [0.15, 0.2) is 5.78 Å². The fourth-order valence-electron chi connectivity index (χ4n) is 2.01. The molecule has 0 amide bonds. The van der Waals surface area contributed by atoms with Crippen molar-refractivity contribution in [2.45, 2.75) is 20.3 Å². The van der Waals surface area contributed by atoms with Crippen LogP contribution >= 0.6 is 0 Å². The van der Waals surface area contributed by atoms with Crippen molar-refractivity contribution in [3.63, 3.8) is 0 Å². The van der Waals surface area contributed by atoms with Crippen LogP contribution in [-0.2, 0) is 0 Å². The van der Waals surface area contributed by atoms with Gasteiger partial charge in [-0.15, -0.1) is 0 Å². The third-order valence-corrected chi connectivity index (χ3v) is 3.00. The minimum Gasteiger partial charge on any atom is -0.494 e. The first-order valence-corrected chi connectivity index (χ1v) is 6.65. The molecular formula is C17H17FO2. The smallest absolute Gasteiger partial charge is 0.160 e. The summed E-state index contributed by atoms with van der Waals surface area (Å²) in [5.74, 6) is 0.346. The van der Waals surface area contributed by atoms with Crippen LogP contribution in [0.5, 0.6) is 5.75 Å². The lowest BCUT2D eigenvalue weighted by atomic mass is 9.97. The molecule has 2 aromatic rings. The second-order valence-electron chi connectivity index (χ2n) is 4.62. The molecule has 0 aliphatic heterocycles. The third-order valence-electron chi connectivity index (χ3n) is 3.00. The molecule has 0 aliphatic carbocycles. The largest absolute Gasteiger partial charge is 0.494 e. The van der Waals surface area contributed by atoms with E-state index in [1.54, 1.807) is 0 Å². The monoisotopic (exact) mass is 272 g/mol. The Morgan fingerprint density at radius 3 is 2.45 bits per heavy atom. The van der Waals surface area contributed by atoms with Gasteiger partial charge < -0.3 is 4.74 Å². The SMILES string of the molecule is CCCOc1ccc(-c2cc(F)ccc2C(C)=O)cc1. The van der Waals surface area contributed by atoms with E-state index in [1.165, 1.54) is 25.1 Å². The topological polar surface area (TPSA) is 26.3 Å². The van der Waals surface area contributed by atoms with Gasteiger partial charge in [0.25, 0.3) is 0 Å². The van der Waals surface area contributed by atoms with Crippen LogP contribution in [-0.4, -0.2) is 12.4 Å². The lowest BCUT2D eigenvalue weighted by molar-refractivity contribution is 0.101. The Hall–Kier alpha value is -2.16. The standard InChI is InChI=1S/C17H17FO2/c1-3-10-20-15-7-4-13(5-8-15)17-11-14(18)6-9-16(17)12(2)19/h4-9,11H,3,10H2,1-2H3. The number of halogens is 1. The molecule has 0 atom stereocenters. The van der Waals surface area contributed by atoms with Crippen molar-refractivity contribution < 1.29 is 13.9 Å². The Labute approximate surface area is 118 Å². The molecule has 2 nitrogen and oxygen atoms in total. The van der Waals surface area contributed by atoms with Crippen molar-refractivity contribution >= 4 is 5.78 Å². The molecule has 20 heavy (non-hydrogen) atoms. The van der Waals surface area contributed by atoms with Gasteiger partial charge in [0.1, 0.15) is 11.6 Å². The van der Waals surface area contributed by atoms with Crippen molar-refractivity contribution in [2.24, 2.45) is 0 Å². The van der Waals surface area contributed by atoms with Crippen LogP contribution in [0.15, 0.2) is 42.5 Å². The number of ether oxygens (including phenoxy) is 1. The number of carbonyl (C=O) groups is 1. The highest BCUT2D eigenvalue weighted by atomic mass is 19.1. The molecular weight excluding hydrogens is 255 g/mol. The van der Waals surface area contributed by atoms with Crippen molar-refractivity contribution in [1.82, 2.24) is 0 Å². The van der Waals surface area contributed by atoms with Crippen LogP contribution in [0.25, 0.3) is 11.1 Å². The Morgan fingerprint density at radius 1 is 1.15 bits per heavy atom. The highest BCUT2D eigenvalue weighted by Crippen LogP contribution is 2.27. The summed E-state index contributed by atoms with van der Waals surface area (Å²) in [6, 6.07) is 11.6. The van der Waals surface area contributed by atoms with E-state index >= 15 is 0 Å². The zero-order valence-electron chi connectivity index (χ0n) is 11.7. The maximum absolute atomic E-state index is 13.4. The van der Waals surface area contributed by atoms with Gasteiger partial charge in [-0.1, -0.05) is 19.1 Å². The summed E-state index contributed by atoms with van der Waals surface area (Å²) in [6.07, 6.45) is 0.945. The summed E-state index contributed by atoms with van der Waals surface area (Å²) in [5, 5.41) is 0. The second kappa shape index (κ2) is 6.33. The van der Waals surface area contributed by atoms with Gasteiger partial charge in [0, 0.05) is 5.56 Å². The highest BCUT2D eigenvalue weighted by molar-refractivity contribution is 6.00. The van der Waals surface area contributed by atoms with Gasteiger partial charge in [0.05, 0.1) is 6.61 Å². The zero-order chi connectivity index (χ0) is 14.5. The predicted molar refractivity (Wildman–Crippen MR) is 77.6 cm³/mol. The zero-order valence-corrected chi connectivity index (χ0v) is 11.7. The second-order valence-corrected chi connectivity index (χ2v) is 4.62. The minimum atomic E-state index is -0.351. The molecule has 104 valence electrons. The molecule has 0 aliphatic rings. The van der Waals surface area contributed by atoms with Crippen LogP contribution in [0.1, 0.15) is 30.6 Å². The molecule has 0 unspecified atom stereocenters. The van der Waals surface area contributed by atoms with Gasteiger partial charge in [0.2, 0.25) is 0 Å². The lowest BCUT2D eigenvalue weighted by Crippen LogP contribution is -1.98. The fraction of sp³-hybridized carbons (Fsp3) is 0.235. The van der Waals surface area contributed by atoms with Gasteiger partial charge in [-0.05, 0) is 54.8 Å². The van der Waals surface area contributed by atoms with E-state index in [1.807, 2.05) is 31.2 Å². The summed E-state index contributed by atoms with van der Waals surface area (Å²) in [6.45, 7) is 4.19. The summed E-state index contributed by atoms with van der Waals surface area (Å²) >= 11 is 0. The molecule has 2 rings (SSSR count). The Kier molecular flexibility index (Phi) is 4.51. The Bertz CT molecular complexity index is 603. The molecule has 0 aromatic heterocycles. The van der Waals surface area contributed by atoms with Crippen LogP contribution in [0.2, 0.25) is 0 Å². The van der Waals surface area contributed by atoms with Gasteiger partial charge in [-0.3, -0.25) is 4.79 Å². The highest BCUT2D eigenvalue weighted by Gasteiger charge is 2.10. The maximum Gasteiger partial charge on any atom is 0.160 e. The number of Topliss-reactive ketones (excluding diaryl/α,β-unsaturated/α-hetero) is 1. The molecule has 0 heterocycles. The van der Waals surface area contributed by atoms with E-state index in [0.29, 0.717) is 17.7 Å². The van der Waals surface area contributed by atoms with Crippen molar-refractivity contribution in [1.29, 1.82) is 0 Å². The van der Waals surface area contributed by atoms with E-state index < -0.39 is 0 Å². The number of ketones is 1. The molecule has 2 aromatic carbocycles. The summed E-state index contributed by atoms with van der Waals surface area (Å²) in [5.41, 5.74) is 1.94. The maximum atomic E-state index is 13.4. The quantitative estimate of drug-likeness (QED) is 0.750. The van der Waals surface area contributed by atoms with Crippen LogP contribution in [0.4, 0.5) is 4.39 Å². The van der Waals surface area contributed by atoms with Gasteiger partial charge in [-0.2, -0.15) is 0 Å². The molecule has 0 fully saturated rings. The van der Waals surface area contributed by atoms with Crippen LogP contribution in [0.3, 0.4) is 0 Å². The van der Waals surface area contributed by atoms with Gasteiger partial charge >= 0.3 is 0 Å². The molecule has 0 spiro atoms. The number of benzene rings is 2. The number of rotatable bonds is 5. The average molecular weight is 272 g/mol. The van der Waals surface area contributed by atoms with E-state index in [-0.39, 0.29) is 11.6 Å².